The molecule has 1 aromatic heterocycles. The molecule has 98 valence electrons. The minimum atomic E-state index is -1.08. The molecule has 2 rings (SSSR count). The van der Waals surface area contributed by atoms with Gasteiger partial charge in [-0.15, -0.1) is 0 Å². The van der Waals surface area contributed by atoms with Crippen LogP contribution < -0.4 is 10.5 Å². The SMILES string of the molecule is N[C@@H](C(=O)N1CCCC1)[C@@H](O)c1cc[n+]([O-])cc1. The molecule has 18 heavy (non-hydrogen) atoms. The number of aliphatic hydroxyl groups excluding tert-OH is 1. The van der Waals surface area contributed by atoms with Crippen molar-refractivity contribution < 1.29 is 14.6 Å². The Bertz CT molecular complexity index is 415. The van der Waals surface area contributed by atoms with Gasteiger partial charge in [0.1, 0.15) is 12.1 Å². The number of amides is 1. The summed E-state index contributed by atoms with van der Waals surface area (Å²) in [6.07, 6.45) is 3.42. The summed E-state index contributed by atoms with van der Waals surface area (Å²) in [6.45, 7) is 1.41. The Morgan fingerprint density at radius 3 is 2.50 bits per heavy atom. The molecule has 2 atom stereocenters. The third-order valence-corrected chi connectivity index (χ3v) is 3.21. The van der Waals surface area contributed by atoms with E-state index in [0.29, 0.717) is 23.4 Å². The largest absolute Gasteiger partial charge is 0.619 e. The molecule has 3 N–H and O–H groups in total. The van der Waals surface area contributed by atoms with Crippen LogP contribution in [0.3, 0.4) is 0 Å². The standard InChI is InChI=1S/C12H17N3O3/c13-10(12(17)14-5-1-2-6-14)11(16)9-3-7-15(18)8-4-9/h3-4,7-8,10-11,16H,1-2,5-6,13H2/t10-,11+/m1/s1. The smallest absolute Gasteiger partial charge is 0.242 e. The van der Waals surface area contributed by atoms with Crippen LogP contribution in [0.1, 0.15) is 24.5 Å². The molecule has 1 aliphatic heterocycles. The lowest BCUT2D eigenvalue weighted by atomic mass is 10.0. The maximum atomic E-state index is 12.0. The van der Waals surface area contributed by atoms with Gasteiger partial charge in [0.05, 0.1) is 0 Å². The number of hydrogen-bond donors (Lipinski definition) is 2. The van der Waals surface area contributed by atoms with Gasteiger partial charge < -0.3 is 20.9 Å². The van der Waals surface area contributed by atoms with Crippen molar-refractivity contribution in [3.05, 3.63) is 35.3 Å². The van der Waals surface area contributed by atoms with Crippen LogP contribution in [0.5, 0.6) is 0 Å². The van der Waals surface area contributed by atoms with Crippen LogP contribution in [0.25, 0.3) is 0 Å². The van der Waals surface area contributed by atoms with Crippen LogP contribution in [0, 0.1) is 5.21 Å². The molecule has 1 saturated heterocycles. The molecule has 1 aromatic rings. The number of carbonyl (C=O) groups is 1. The average molecular weight is 251 g/mol. The fourth-order valence-electron chi connectivity index (χ4n) is 2.11. The Morgan fingerprint density at radius 2 is 1.94 bits per heavy atom. The number of nitrogens with zero attached hydrogens (tertiary/aromatic N) is 2. The van der Waals surface area contributed by atoms with E-state index in [2.05, 4.69) is 0 Å². The van der Waals surface area contributed by atoms with Crippen molar-refractivity contribution in [2.24, 2.45) is 5.73 Å². The van der Waals surface area contributed by atoms with E-state index in [1.54, 1.807) is 4.90 Å². The van der Waals surface area contributed by atoms with E-state index in [0.717, 1.165) is 12.8 Å². The number of likely N-dealkylation sites (tertiary alicyclic amines) is 1. The third-order valence-electron chi connectivity index (χ3n) is 3.21. The average Bonchev–Trinajstić information content (AvgIpc) is 2.91. The zero-order valence-electron chi connectivity index (χ0n) is 10.0. The van der Waals surface area contributed by atoms with Crippen LogP contribution in [0.4, 0.5) is 0 Å². The Morgan fingerprint density at radius 1 is 1.39 bits per heavy atom. The Kier molecular flexibility index (Phi) is 3.78. The summed E-state index contributed by atoms with van der Waals surface area (Å²) in [5, 5.41) is 20.9. The van der Waals surface area contributed by atoms with Crippen molar-refractivity contribution in [2.75, 3.05) is 13.1 Å². The van der Waals surface area contributed by atoms with Crippen molar-refractivity contribution in [1.29, 1.82) is 0 Å². The fourth-order valence-corrected chi connectivity index (χ4v) is 2.11. The van der Waals surface area contributed by atoms with Gasteiger partial charge in [0.15, 0.2) is 12.4 Å². The van der Waals surface area contributed by atoms with Crippen LogP contribution in [-0.2, 0) is 4.79 Å². The predicted molar refractivity (Wildman–Crippen MR) is 64.2 cm³/mol. The summed E-state index contributed by atoms with van der Waals surface area (Å²) in [5.74, 6) is -0.237. The minimum Gasteiger partial charge on any atom is -0.619 e. The molecular weight excluding hydrogens is 234 g/mol. The normalized spacial score (nSPS) is 18.7. The van der Waals surface area contributed by atoms with Gasteiger partial charge in [-0.05, 0) is 18.4 Å². The van der Waals surface area contributed by atoms with Gasteiger partial charge in [0, 0.05) is 25.2 Å². The van der Waals surface area contributed by atoms with E-state index in [1.165, 1.54) is 24.5 Å². The van der Waals surface area contributed by atoms with Gasteiger partial charge in [0.2, 0.25) is 5.91 Å². The van der Waals surface area contributed by atoms with Crippen LogP contribution >= 0.6 is 0 Å². The topological polar surface area (TPSA) is 93.5 Å². The second-order valence-corrected chi connectivity index (χ2v) is 4.49. The number of aromatic nitrogens is 1. The second-order valence-electron chi connectivity index (χ2n) is 4.49. The number of hydrogen-bond acceptors (Lipinski definition) is 4. The molecular formula is C12H17N3O3. The van der Waals surface area contributed by atoms with Gasteiger partial charge in [-0.3, -0.25) is 4.79 Å². The molecule has 0 radical (unpaired) electrons. The minimum absolute atomic E-state index is 0.237. The van der Waals surface area contributed by atoms with E-state index in [4.69, 9.17) is 5.73 Å². The fraction of sp³-hybridized carbons (Fsp3) is 0.500. The summed E-state index contributed by atoms with van der Waals surface area (Å²) in [6, 6.07) is 1.95. The first-order valence-corrected chi connectivity index (χ1v) is 6.01. The van der Waals surface area contributed by atoms with E-state index in [1.807, 2.05) is 0 Å². The van der Waals surface area contributed by atoms with Crippen molar-refractivity contribution in [3.63, 3.8) is 0 Å². The predicted octanol–water partition coefficient (Wildman–Crippen LogP) is -0.697. The monoisotopic (exact) mass is 251 g/mol. The Balaban J connectivity index is 2.05. The van der Waals surface area contributed by atoms with Crippen molar-refractivity contribution in [1.82, 2.24) is 4.90 Å². The number of rotatable bonds is 3. The lowest BCUT2D eigenvalue weighted by Crippen LogP contribution is -2.46. The van der Waals surface area contributed by atoms with E-state index < -0.39 is 12.1 Å². The van der Waals surface area contributed by atoms with E-state index in [9.17, 15) is 15.1 Å². The van der Waals surface area contributed by atoms with Gasteiger partial charge >= 0.3 is 0 Å². The first-order valence-electron chi connectivity index (χ1n) is 6.01. The molecule has 6 heteroatoms. The van der Waals surface area contributed by atoms with Crippen molar-refractivity contribution in [2.45, 2.75) is 25.0 Å². The molecule has 0 saturated carbocycles. The molecule has 1 aliphatic rings. The lowest BCUT2D eigenvalue weighted by molar-refractivity contribution is -0.605. The number of pyridine rings is 1. The molecule has 0 bridgehead atoms. The van der Waals surface area contributed by atoms with Crippen LogP contribution in [0.2, 0.25) is 0 Å². The highest BCUT2D eigenvalue weighted by molar-refractivity contribution is 5.82. The van der Waals surface area contributed by atoms with Gasteiger partial charge in [-0.25, -0.2) is 0 Å². The zero-order valence-corrected chi connectivity index (χ0v) is 10.0. The molecule has 1 amide bonds. The molecule has 2 heterocycles. The Labute approximate surface area is 105 Å². The lowest BCUT2D eigenvalue weighted by Gasteiger charge is -2.23. The molecule has 0 aromatic carbocycles. The van der Waals surface area contributed by atoms with Gasteiger partial charge in [-0.2, -0.15) is 4.73 Å². The highest BCUT2D eigenvalue weighted by Crippen LogP contribution is 2.17. The summed E-state index contributed by atoms with van der Waals surface area (Å²) in [4.78, 5) is 13.7. The molecule has 0 spiro atoms. The van der Waals surface area contributed by atoms with Crippen molar-refractivity contribution in [3.8, 4) is 0 Å². The molecule has 0 unspecified atom stereocenters. The maximum Gasteiger partial charge on any atom is 0.242 e. The second kappa shape index (κ2) is 5.32. The van der Waals surface area contributed by atoms with Crippen molar-refractivity contribution >= 4 is 5.91 Å². The molecule has 6 nitrogen and oxygen atoms in total. The summed E-state index contributed by atoms with van der Waals surface area (Å²) in [5.41, 5.74) is 6.26. The van der Waals surface area contributed by atoms with Gasteiger partial charge in [0.25, 0.3) is 0 Å². The number of nitrogens with two attached hydrogens (primary N) is 1. The first-order chi connectivity index (χ1) is 8.59. The third kappa shape index (κ3) is 2.60. The highest BCUT2D eigenvalue weighted by atomic mass is 16.5. The van der Waals surface area contributed by atoms with Crippen LogP contribution in [-0.4, -0.2) is 35.0 Å². The number of carbonyl (C=O) groups excluding carboxylic acids is 1. The Hall–Kier alpha value is -1.66. The van der Waals surface area contributed by atoms with Crippen LogP contribution in [0.15, 0.2) is 24.5 Å². The highest BCUT2D eigenvalue weighted by Gasteiger charge is 2.29. The summed E-state index contributed by atoms with van der Waals surface area (Å²) < 4.78 is 0.615. The first kappa shape index (κ1) is 12.8. The zero-order chi connectivity index (χ0) is 13.1. The number of aliphatic hydroxyl groups is 1. The molecule has 1 fully saturated rings. The van der Waals surface area contributed by atoms with E-state index in [-0.39, 0.29) is 5.91 Å². The quantitative estimate of drug-likeness (QED) is 0.549. The summed E-state index contributed by atoms with van der Waals surface area (Å²) in [7, 11) is 0. The van der Waals surface area contributed by atoms with E-state index >= 15 is 0 Å². The molecule has 0 aliphatic carbocycles. The maximum absolute atomic E-state index is 12.0. The van der Waals surface area contributed by atoms with Gasteiger partial charge in [-0.1, -0.05) is 0 Å². The summed E-state index contributed by atoms with van der Waals surface area (Å²) >= 11 is 0.